The Hall–Kier alpha value is -6.12. The lowest BCUT2D eigenvalue weighted by Crippen LogP contribution is -1.97. The summed E-state index contributed by atoms with van der Waals surface area (Å²) < 4.78 is 38.4. The van der Waals surface area contributed by atoms with Gasteiger partial charge in [-0.15, -0.1) is 4.33 Å². The van der Waals surface area contributed by atoms with Gasteiger partial charge >= 0.3 is 0 Å². The number of hydrogen-bond acceptors (Lipinski definition) is 8. The van der Waals surface area contributed by atoms with Gasteiger partial charge in [0, 0.05) is 49.2 Å². The van der Waals surface area contributed by atoms with Crippen LogP contribution in [0, 0.1) is 0 Å². The van der Waals surface area contributed by atoms with Gasteiger partial charge in [0.05, 0.1) is 39.7 Å². The number of nitrogens with zero attached hydrogens (tertiary/aromatic N) is 2. The Balaban J connectivity index is 1.41. The minimum absolute atomic E-state index is 0.192. The van der Waals surface area contributed by atoms with E-state index in [9.17, 15) is 13.0 Å². The molecule has 4 aromatic carbocycles. The number of aromatic nitrogens is 4. The summed E-state index contributed by atoms with van der Waals surface area (Å²) in [6, 6.07) is 42.5. The summed E-state index contributed by atoms with van der Waals surface area (Å²) in [7, 11) is -4.40. The first-order chi connectivity index (χ1) is 27.3. The molecule has 10 nitrogen and oxygen atoms in total. The summed E-state index contributed by atoms with van der Waals surface area (Å²) in [4.78, 5) is 18.6. The van der Waals surface area contributed by atoms with Gasteiger partial charge in [0.2, 0.25) is 0 Å². The number of aromatic amines is 2. The second-order valence-corrected chi connectivity index (χ2v) is 15.5. The smallest absolute Gasteiger partial charge is 0.294 e. The first kappa shape index (κ1) is 35.6. The Morgan fingerprint density at radius 2 is 0.964 bits per heavy atom. The Kier molecular flexibility index (Phi) is 9.43. The van der Waals surface area contributed by atoms with Crippen LogP contribution < -0.4 is 0 Å². The van der Waals surface area contributed by atoms with Crippen LogP contribution in [0.2, 0.25) is 0 Å². The van der Waals surface area contributed by atoms with Gasteiger partial charge in [0.1, 0.15) is 0 Å². The van der Waals surface area contributed by atoms with Gasteiger partial charge in [-0.1, -0.05) is 90.0 Å². The summed E-state index contributed by atoms with van der Waals surface area (Å²) in [6.07, 6.45) is 5.34. The molecule has 5 heterocycles. The largest absolute Gasteiger partial charge is 0.354 e. The van der Waals surface area contributed by atoms with E-state index < -0.39 is 10.1 Å². The van der Waals surface area contributed by atoms with E-state index in [0.717, 1.165) is 106 Å². The molecule has 8 bridgehead atoms. The third-order valence-corrected chi connectivity index (χ3v) is 11.4. The van der Waals surface area contributed by atoms with Crippen LogP contribution in [0.25, 0.3) is 78.7 Å². The summed E-state index contributed by atoms with van der Waals surface area (Å²) in [5.41, 5.74) is 13.9. The molecule has 0 unspecified atom stereocenters. The molecule has 0 aliphatic carbocycles. The zero-order chi connectivity index (χ0) is 38.2. The molecule has 0 saturated heterocycles. The first-order valence-corrected chi connectivity index (χ1v) is 19.9. The van der Waals surface area contributed by atoms with Crippen LogP contribution in [0.3, 0.4) is 0 Å². The number of H-pyrrole nitrogens is 2. The molecular formula is C44H32N4O6S2. The van der Waals surface area contributed by atoms with Crippen molar-refractivity contribution in [1.29, 1.82) is 0 Å². The second-order valence-electron chi connectivity index (χ2n) is 13.3. The van der Waals surface area contributed by atoms with Crippen molar-refractivity contribution in [2.45, 2.75) is 22.6 Å². The summed E-state index contributed by atoms with van der Waals surface area (Å²) >= 11 is 0.884. The highest BCUT2D eigenvalue weighted by Gasteiger charge is 2.21. The quantitative estimate of drug-likeness (QED) is 0.0512. The third kappa shape index (κ3) is 6.86. The Morgan fingerprint density at radius 3 is 1.41 bits per heavy atom. The molecule has 0 radical (unpaired) electrons. The fourth-order valence-corrected chi connectivity index (χ4v) is 8.30. The molecule has 0 amide bonds. The van der Waals surface area contributed by atoms with E-state index in [1.165, 1.54) is 12.1 Å². The molecule has 12 heteroatoms. The molecule has 0 fully saturated rings. The first-order valence-electron chi connectivity index (χ1n) is 17.7. The zero-order valence-electron chi connectivity index (χ0n) is 29.5. The van der Waals surface area contributed by atoms with E-state index in [0.29, 0.717) is 12.8 Å². The van der Waals surface area contributed by atoms with E-state index in [1.54, 1.807) is 12.1 Å². The second kappa shape index (κ2) is 14.8. The van der Waals surface area contributed by atoms with E-state index >= 15 is 0 Å². The topological polar surface area (TPSA) is 150 Å². The predicted molar refractivity (Wildman–Crippen MR) is 220 cm³/mol. The Bertz CT molecular complexity index is 2910. The van der Waals surface area contributed by atoms with Gasteiger partial charge in [-0.25, -0.2) is 10.2 Å². The monoisotopic (exact) mass is 776 g/mol. The Morgan fingerprint density at radius 1 is 0.536 bits per heavy atom. The minimum Gasteiger partial charge on any atom is -0.354 e. The minimum atomic E-state index is -4.40. The number of fused-ring (bicyclic) bond motifs is 8. The highest BCUT2D eigenvalue weighted by molar-refractivity contribution is 7.94. The molecular weight excluding hydrogens is 745 g/mol. The fraction of sp³-hybridized carbons (Fsp3) is 0.0455. The van der Waals surface area contributed by atoms with Crippen LogP contribution in [0.15, 0.2) is 143 Å². The summed E-state index contributed by atoms with van der Waals surface area (Å²) in [5.74, 6) is 0. The third-order valence-electron chi connectivity index (χ3n) is 9.92. The van der Waals surface area contributed by atoms with Crippen molar-refractivity contribution in [2.24, 2.45) is 0 Å². The van der Waals surface area contributed by atoms with Gasteiger partial charge in [-0.3, -0.25) is 9.54 Å². The van der Waals surface area contributed by atoms with Crippen LogP contribution in [0.1, 0.15) is 22.8 Å². The summed E-state index contributed by atoms with van der Waals surface area (Å²) in [6.45, 7) is 0. The normalized spacial score (nSPS) is 12.6. The van der Waals surface area contributed by atoms with Crippen LogP contribution in [-0.2, 0) is 32.3 Å². The molecule has 3 aromatic heterocycles. The molecule has 276 valence electrons. The number of rotatable bonds is 8. The predicted octanol–water partition coefficient (Wildman–Crippen LogP) is 10.6. The van der Waals surface area contributed by atoms with Crippen molar-refractivity contribution in [3.63, 3.8) is 0 Å². The van der Waals surface area contributed by atoms with Gasteiger partial charge in [0.25, 0.3) is 10.1 Å². The number of hydrogen-bond donors (Lipinski definition) is 4. The molecule has 4 N–H and O–H groups in total. The fourth-order valence-electron chi connectivity index (χ4n) is 7.46. The lowest BCUT2D eigenvalue weighted by molar-refractivity contribution is -0.432. The summed E-state index contributed by atoms with van der Waals surface area (Å²) in [5, 5.41) is 12.5. The van der Waals surface area contributed by atoms with Gasteiger partial charge in [-0.05, 0) is 95.8 Å². The molecule has 0 saturated carbocycles. The standard InChI is InChI=1S/C44H32N4O6S2/c49-53-54-55-31-15-11-29(12-16-31)43-37-23-21-35(46-37)41(27-7-3-1-4-8-27)33-19-20-34(45-33)42(28-9-5-2-6-10-28)36-22-24-39(47-36)44(40-26-25-38(43)48-40)30-13-17-32(18-14-30)56(50,51)52/h1-24,46-47,49H,25-26H2,(H,50,51,52). The van der Waals surface area contributed by atoms with E-state index in [4.69, 9.17) is 15.2 Å². The van der Waals surface area contributed by atoms with E-state index in [2.05, 4.69) is 61.8 Å². The molecule has 2 aliphatic heterocycles. The van der Waals surface area contributed by atoms with E-state index in [-0.39, 0.29) is 4.90 Å². The van der Waals surface area contributed by atoms with Crippen LogP contribution in [-0.4, -0.2) is 38.2 Å². The average molecular weight is 777 g/mol. The maximum Gasteiger partial charge on any atom is 0.294 e. The molecule has 56 heavy (non-hydrogen) atoms. The lowest BCUT2D eigenvalue weighted by atomic mass is 10.0. The molecule has 0 spiro atoms. The van der Waals surface area contributed by atoms with Crippen molar-refractivity contribution in [3.8, 4) is 44.5 Å². The lowest BCUT2D eigenvalue weighted by Gasteiger charge is -2.07. The maximum atomic E-state index is 12.0. The maximum absolute atomic E-state index is 12.0. The van der Waals surface area contributed by atoms with Gasteiger partial charge in [-0.2, -0.15) is 8.42 Å². The van der Waals surface area contributed by atoms with Gasteiger partial charge in [0.15, 0.2) is 0 Å². The average Bonchev–Trinajstić information content (AvgIpc) is 4.06. The Labute approximate surface area is 326 Å². The van der Waals surface area contributed by atoms with Crippen molar-refractivity contribution >= 4 is 56.4 Å². The SMILES string of the molecule is O=S(=O)(O)c1ccc(-c2c3nc(c(-c4ccc(SOOO)cc4)c4ccc([nH]4)c(-c4ccccc4)c4nc(c(-c5ccccc5)c5ccc2[nH]5)C=C4)CC3)cc1. The molecule has 7 aromatic rings. The zero-order valence-corrected chi connectivity index (χ0v) is 31.1. The number of nitrogens with one attached hydrogen (secondary N) is 2. The number of aryl methyl sites for hydroxylation is 2. The number of benzene rings is 4. The van der Waals surface area contributed by atoms with Crippen LogP contribution >= 0.6 is 12.0 Å². The highest BCUT2D eigenvalue weighted by atomic mass is 32.2. The highest BCUT2D eigenvalue weighted by Crippen LogP contribution is 2.38. The molecule has 2 aliphatic rings. The molecule has 9 rings (SSSR count). The van der Waals surface area contributed by atoms with Crippen LogP contribution in [0.5, 0.6) is 0 Å². The van der Waals surface area contributed by atoms with Crippen molar-refractivity contribution < 1.29 is 27.6 Å². The van der Waals surface area contributed by atoms with Crippen molar-refractivity contribution in [1.82, 2.24) is 19.9 Å². The van der Waals surface area contributed by atoms with E-state index in [1.807, 2.05) is 78.9 Å². The van der Waals surface area contributed by atoms with Crippen molar-refractivity contribution in [2.75, 3.05) is 0 Å². The van der Waals surface area contributed by atoms with Crippen LogP contribution in [0.4, 0.5) is 0 Å². The van der Waals surface area contributed by atoms with Gasteiger partial charge < -0.3 is 9.97 Å². The molecule has 0 atom stereocenters. The van der Waals surface area contributed by atoms with Crippen molar-refractivity contribution in [3.05, 3.63) is 156 Å².